The van der Waals surface area contributed by atoms with Gasteiger partial charge in [-0.1, -0.05) is 11.6 Å². The van der Waals surface area contributed by atoms with E-state index in [0.717, 1.165) is 6.26 Å². The molecule has 0 saturated carbocycles. The maximum absolute atomic E-state index is 13.3. The number of pyridine rings is 1. The van der Waals surface area contributed by atoms with Crippen molar-refractivity contribution in [2.24, 2.45) is 0 Å². The van der Waals surface area contributed by atoms with Crippen LogP contribution >= 0.6 is 23.4 Å². The van der Waals surface area contributed by atoms with Gasteiger partial charge in [-0.15, -0.1) is 0 Å². The zero-order valence-electron chi connectivity index (χ0n) is 16.7. The Balaban J connectivity index is 1.59. The molecule has 0 aliphatic carbocycles. The number of rotatable bonds is 7. The number of ether oxygens (including phenoxy) is 1. The third-order valence-electron chi connectivity index (χ3n) is 4.28. The number of hydrogen-bond donors (Lipinski definition) is 0. The first-order valence-electron chi connectivity index (χ1n) is 9.26. The lowest BCUT2D eigenvalue weighted by molar-refractivity contribution is 0.294. The highest BCUT2D eigenvalue weighted by atomic mass is 35.5. The average Bonchev–Trinajstić information content (AvgIpc) is 3.16. The fourth-order valence-electron chi connectivity index (χ4n) is 2.68. The van der Waals surface area contributed by atoms with Crippen molar-refractivity contribution >= 4 is 33.2 Å². The quantitative estimate of drug-likeness (QED) is 0.330. The maximum atomic E-state index is 13.3. The van der Waals surface area contributed by atoms with Gasteiger partial charge in [-0.2, -0.15) is 0 Å². The summed E-state index contributed by atoms with van der Waals surface area (Å²) in [6.45, 7) is 0.0683. The Morgan fingerprint density at radius 2 is 1.78 bits per heavy atom. The largest absolute Gasteiger partial charge is 0.487 e. The van der Waals surface area contributed by atoms with Gasteiger partial charge >= 0.3 is 0 Å². The second-order valence-corrected chi connectivity index (χ2v) is 10.2. The topological polar surface area (TPSA) is 82.3 Å². The predicted octanol–water partition coefficient (Wildman–Crippen LogP) is 5.66. The minimum Gasteiger partial charge on any atom is -0.487 e. The van der Waals surface area contributed by atoms with Gasteiger partial charge in [-0.05, 0) is 72.4 Å². The molecule has 10 heteroatoms. The van der Waals surface area contributed by atoms with E-state index < -0.39 is 9.84 Å². The van der Waals surface area contributed by atoms with Crippen LogP contribution in [0.5, 0.6) is 5.75 Å². The summed E-state index contributed by atoms with van der Waals surface area (Å²) in [7, 11) is -3.29. The normalized spacial score (nSPS) is 11.5. The third-order valence-corrected chi connectivity index (χ3v) is 6.58. The molecule has 0 atom stereocenters. The first kappa shape index (κ1) is 22.3. The minimum atomic E-state index is -3.29. The van der Waals surface area contributed by atoms with Crippen LogP contribution in [0.3, 0.4) is 0 Å². The number of benzene rings is 2. The van der Waals surface area contributed by atoms with Gasteiger partial charge in [0, 0.05) is 18.0 Å². The van der Waals surface area contributed by atoms with Gasteiger partial charge in [0.05, 0.1) is 9.92 Å². The van der Waals surface area contributed by atoms with Crippen LogP contribution in [0.2, 0.25) is 5.02 Å². The number of aromatic nitrogens is 2. The van der Waals surface area contributed by atoms with Crippen molar-refractivity contribution in [2.75, 3.05) is 6.26 Å². The molecule has 0 spiro atoms. The molecule has 4 rings (SSSR count). The zero-order valence-corrected chi connectivity index (χ0v) is 19.0. The summed E-state index contributed by atoms with van der Waals surface area (Å²) < 4.78 is 48.2. The fraction of sp³-hybridized carbons (Fsp3) is 0.0909. The Hall–Kier alpha value is -2.88. The van der Waals surface area contributed by atoms with Crippen molar-refractivity contribution < 1.29 is 22.0 Å². The van der Waals surface area contributed by atoms with Gasteiger partial charge < -0.3 is 9.15 Å². The lowest BCUT2D eigenvalue weighted by Crippen LogP contribution is -1.99. The monoisotopic (exact) mass is 490 g/mol. The molecule has 0 N–H and O–H groups in total. The van der Waals surface area contributed by atoms with Crippen LogP contribution in [-0.2, 0) is 16.4 Å². The van der Waals surface area contributed by atoms with Crippen molar-refractivity contribution in [3.8, 4) is 17.2 Å². The first-order valence-corrected chi connectivity index (χ1v) is 12.3. The van der Waals surface area contributed by atoms with Gasteiger partial charge in [0.2, 0.25) is 5.89 Å². The number of hydrogen-bond acceptors (Lipinski definition) is 7. The molecular weight excluding hydrogens is 475 g/mol. The van der Waals surface area contributed by atoms with E-state index in [0.29, 0.717) is 38.0 Å². The van der Waals surface area contributed by atoms with Crippen molar-refractivity contribution in [3.63, 3.8) is 0 Å². The number of nitrogens with zero attached hydrogens (tertiary/aromatic N) is 2. The van der Waals surface area contributed by atoms with Crippen LogP contribution in [-0.4, -0.2) is 24.6 Å². The highest BCUT2D eigenvalue weighted by Gasteiger charge is 2.18. The molecule has 0 bridgehead atoms. The summed E-state index contributed by atoms with van der Waals surface area (Å²) in [5.41, 5.74) is 1.12. The summed E-state index contributed by atoms with van der Waals surface area (Å²) >= 11 is 7.15. The minimum absolute atomic E-state index is 0.0683. The Bertz CT molecular complexity index is 1320. The molecule has 0 saturated heterocycles. The molecule has 0 fully saturated rings. The van der Waals surface area contributed by atoms with E-state index in [1.165, 1.54) is 42.2 Å². The van der Waals surface area contributed by atoms with Gasteiger partial charge in [0.1, 0.15) is 28.9 Å². The van der Waals surface area contributed by atoms with Crippen LogP contribution in [0.1, 0.15) is 5.69 Å². The predicted molar refractivity (Wildman–Crippen MR) is 119 cm³/mol. The Labute approximate surface area is 193 Å². The van der Waals surface area contributed by atoms with Crippen LogP contribution in [0.4, 0.5) is 4.39 Å². The van der Waals surface area contributed by atoms with Crippen molar-refractivity contribution in [1.82, 2.24) is 9.97 Å². The van der Waals surface area contributed by atoms with Gasteiger partial charge in [-0.25, -0.2) is 22.8 Å². The molecule has 2 aromatic heterocycles. The fourth-order valence-corrected chi connectivity index (χ4v) is 4.19. The van der Waals surface area contributed by atoms with E-state index in [2.05, 4.69) is 9.97 Å². The van der Waals surface area contributed by atoms with Gasteiger partial charge in [0.15, 0.2) is 14.9 Å². The number of sulfone groups is 1. The Kier molecular flexibility index (Phi) is 6.50. The summed E-state index contributed by atoms with van der Waals surface area (Å²) in [6.07, 6.45) is 2.67. The third kappa shape index (κ3) is 5.48. The smallest absolute Gasteiger partial charge is 0.227 e. The molecule has 0 radical (unpaired) electrons. The molecule has 0 unspecified atom stereocenters. The highest BCUT2D eigenvalue weighted by molar-refractivity contribution is 7.99. The van der Waals surface area contributed by atoms with Crippen LogP contribution < -0.4 is 4.74 Å². The highest BCUT2D eigenvalue weighted by Crippen LogP contribution is 2.34. The van der Waals surface area contributed by atoms with E-state index in [1.807, 2.05) is 0 Å². The summed E-state index contributed by atoms with van der Waals surface area (Å²) in [4.78, 5) is 8.97. The summed E-state index contributed by atoms with van der Waals surface area (Å²) in [5, 5.41) is 1.63. The van der Waals surface area contributed by atoms with Gasteiger partial charge in [-0.3, -0.25) is 0 Å². The first-order chi connectivity index (χ1) is 15.3. The van der Waals surface area contributed by atoms with Crippen molar-refractivity contribution in [2.45, 2.75) is 21.6 Å². The van der Waals surface area contributed by atoms with E-state index in [1.54, 1.807) is 36.4 Å². The van der Waals surface area contributed by atoms with E-state index in [9.17, 15) is 12.8 Å². The lowest BCUT2D eigenvalue weighted by Gasteiger charge is -2.06. The molecule has 164 valence electrons. The molecule has 6 nitrogen and oxygen atoms in total. The van der Waals surface area contributed by atoms with E-state index in [4.69, 9.17) is 20.8 Å². The Morgan fingerprint density at radius 1 is 1.06 bits per heavy atom. The molecule has 32 heavy (non-hydrogen) atoms. The standard InChI is InChI=1S/C22H16ClFN2O4S2/c1-32(27,28)18-9-7-17(8-10-18)29-13-19-22(31-20-11-4-15(23)12-25-20)30-21(26-19)14-2-5-16(24)6-3-14/h2-12H,13H2,1H3. The summed E-state index contributed by atoms with van der Waals surface area (Å²) in [5.74, 6) is 0.429. The van der Waals surface area contributed by atoms with Crippen LogP contribution in [0, 0.1) is 5.82 Å². The summed E-state index contributed by atoms with van der Waals surface area (Å²) in [6, 6.07) is 15.4. The average molecular weight is 491 g/mol. The second-order valence-electron chi connectivity index (χ2n) is 6.71. The maximum Gasteiger partial charge on any atom is 0.227 e. The molecular formula is C22H16ClFN2O4S2. The molecule has 0 aliphatic rings. The van der Waals surface area contributed by atoms with Crippen LogP contribution in [0.25, 0.3) is 11.5 Å². The molecule has 2 aromatic carbocycles. The SMILES string of the molecule is CS(=O)(=O)c1ccc(OCc2nc(-c3ccc(F)cc3)oc2Sc2ccc(Cl)cn2)cc1. The number of halogens is 2. The van der Waals surface area contributed by atoms with E-state index in [-0.39, 0.29) is 17.3 Å². The van der Waals surface area contributed by atoms with Gasteiger partial charge in [0.25, 0.3) is 0 Å². The van der Waals surface area contributed by atoms with E-state index >= 15 is 0 Å². The molecule has 4 aromatic rings. The lowest BCUT2D eigenvalue weighted by atomic mass is 10.2. The Morgan fingerprint density at radius 3 is 2.41 bits per heavy atom. The molecule has 0 amide bonds. The van der Waals surface area contributed by atoms with Crippen LogP contribution in [0.15, 0.2) is 86.3 Å². The second kappa shape index (κ2) is 9.32. The number of oxazole rings is 1. The zero-order chi connectivity index (χ0) is 22.7. The molecule has 0 aliphatic heterocycles. The molecule has 2 heterocycles. The van der Waals surface area contributed by atoms with Crippen molar-refractivity contribution in [3.05, 3.63) is 83.4 Å². The van der Waals surface area contributed by atoms with Crippen molar-refractivity contribution in [1.29, 1.82) is 0 Å².